The van der Waals surface area contributed by atoms with E-state index in [4.69, 9.17) is 23.2 Å². The van der Waals surface area contributed by atoms with Crippen molar-refractivity contribution in [3.63, 3.8) is 0 Å². The van der Waals surface area contributed by atoms with E-state index in [0.29, 0.717) is 41.4 Å². The van der Waals surface area contributed by atoms with E-state index >= 15 is 0 Å². The largest absolute Gasteiger partial charge is 0.316 e. The molecule has 8 heteroatoms. The maximum atomic E-state index is 12.2. The van der Waals surface area contributed by atoms with Crippen molar-refractivity contribution < 1.29 is 4.79 Å². The van der Waals surface area contributed by atoms with Crippen LogP contribution in [0.15, 0.2) is 23.3 Å². The van der Waals surface area contributed by atoms with Crippen molar-refractivity contribution in [2.75, 3.05) is 38.2 Å². The number of halogens is 2. The maximum Gasteiger partial charge on any atom is 0.239 e. The predicted molar refractivity (Wildman–Crippen MR) is 97.9 cm³/mol. The summed E-state index contributed by atoms with van der Waals surface area (Å²) in [6.45, 7) is 2.97. The first-order valence-electron chi connectivity index (χ1n) is 8.04. The summed E-state index contributed by atoms with van der Waals surface area (Å²) in [5.74, 6) is 0.678. The van der Waals surface area contributed by atoms with Crippen molar-refractivity contribution in [1.82, 2.24) is 15.5 Å². The van der Waals surface area contributed by atoms with Gasteiger partial charge in [-0.25, -0.2) is 0 Å². The summed E-state index contributed by atoms with van der Waals surface area (Å²) in [6, 6.07) is 5.87. The summed E-state index contributed by atoms with van der Waals surface area (Å²) in [5, 5.41) is 13.5. The molecule has 2 N–H and O–H groups in total. The zero-order valence-corrected chi connectivity index (χ0v) is 15.1. The molecule has 2 heterocycles. The predicted octanol–water partition coefficient (Wildman–Crippen LogP) is 1.93. The SMILES string of the molecule is CN[C@@H]1CCN(CC(=O)NC2=NN(c3ccc(Cl)c(Cl)c3)CC2)C1. The van der Waals surface area contributed by atoms with Crippen LogP contribution in [-0.2, 0) is 4.79 Å². The Morgan fingerprint density at radius 3 is 2.88 bits per heavy atom. The van der Waals surface area contributed by atoms with Gasteiger partial charge in [-0.3, -0.25) is 14.7 Å². The Kier molecular flexibility index (Phi) is 5.61. The van der Waals surface area contributed by atoms with Gasteiger partial charge in [-0.15, -0.1) is 0 Å². The number of amidine groups is 1. The van der Waals surface area contributed by atoms with Gasteiger partial charge in [0.2, 0.25) is 5.91 Å². The molecule has 1 aromatic carbocycles. The molecule has 1 fully saturated rings. The molecule has 1 amide bonds. The average molecular weight is 370 g/mol. The number of carbonyl (C=O) groups excluding carboxylic acids is 1. The number of likely N-dealkylation sites (tertiary alicyclic amines) is 1. The molecule has 130 valence electrons. The second kappa shape index (κ2) is 7.70. The summed E-state index contributed by atoms with van der Waals surface area (Å²) < 4.78 is 0. The van der Waals surface area contributed by atoms with Gasteiger partial charge in [-0.1, -0.05) is 23.2 Å². The van der Waals surface area contributed by atoms with Crippen LogP contribution >= 0.6 is 23.2 Å². The van der Waals surface area contributed by atoms with E-state index in [2.05, 4.69) is 20.6 Å². The number of amides is 1. The fourth-order valence-corrected chi connectivity index (χ4v) is 3.29. The smallest absolute Gasteiger partial charge is 0.239 e. The molecule has 0 aliphatic carbocycles. The van der Waals surface area contributed by atoms with Gasteiger partial charge in [-0.05, 0) is 31.7 Å². The molecule has 1 atom stereocenters. The Morgan fingerprint density at radius 2 is 2.17 bits per heavy atom. The molecule has 0 radical (unpaired) electrons. The van der Waals surface area contributed by atoms with Gasteiger partial charge in [0.15, 0.2) is 0 Å². The molecule has 24 heavy (non-hydrogen) atoms. The molecule has 0 bridgehead atoms. The highest BCUT2D eigenvalue weighted by atomic mass is 35.5. The lowest BCUT2D eigenvalue weighted by atomic mass is 10.3. The molecule has 3 rings (SSSR count). The summed E-state index contributed by atoms with van der Waals surface area (Å²) in [7, 11) is 1.96. The number of anilines is 1. The Morgan fingerprint density at radius 1 is 1.33 bits per heavy atom. The number of hydrogen-bond acceptors (Lipinski definition) is 5. The molecule has 0 saturated carbocycles. The van der Waals surface area contributed by atoms with E-state index in [9.17, 15) is 4.79 Å². The van der Waals surface area contributed by atoms with Crippen LogP contribution in [0.4, 0.5) is 5.69 Å². The van der Waals surface area contributed by atoms with Gasteiger partial charge in [0.1, 0.15) is 5.84 Å². The van der Waals surface area contributed by atoms with E-state index in [-0.39, 0.29) is 5.91 Å². The first-order chi connectivity index (χ1) is 11.5. The molecular weight excluding hydrogens is 349 g/mol. The number of nitrogens with one attached hydrogen (secondary N) is 2. The topological polar surface area (TPSA) is 60.0 Å². The minimum absolute atomic E-state index is 0.0125. The van der Waals surface area contributed by atoms with Crippen molar-refractivity contribution in [2.24, 2.45) is 5.10 Å². The minimum atomic E-state index is -0.0125. The van der Waals surface area contributed by atoms with E-state index < -0.39 is 0 Å². The van der Waals surface area contributed by atoms with Crippen molar-refractivity contribution in [3.05, 3.63) is 28.2 Å². The number of benzene rings is 1. The molecule has 0 spiro atoms. The van der Waals surface area contributed by atoms with E-state index in [1.54, 1.807) is 12.1 Å². The number of nitrogens with zero attached hydrogens (tertiary/aromatic N) is 3. The van der Waals surface area contributed by atoms with Crippen LogP contribution in [0.3, 0.4) is 0 Å². The third-order valence-electron chi connectivity index (χ3n) is 4.33. The van der Waals surface area contributed by atoms with Gasteiger partial charge in [0.05, 0.1) is 22.3 Å². The van der Waals surface area contributed by atoms with Crippen LogP contribution < -0.4 is 15.6 Å². The van der Waals surface area contributed by atoms with Crippen LogP contribution in [0.1, 0.15) is 12.8 Å². The van der Waals surface area contributed by atoms with E-state index in [1.807, 2.05) is 18.1 Å². The van der Waals surface area contributed by atoms with Crippen molar-refractivity contribution in [3.8, 4) is 0 Å². The summed E-state index contributed by atoms with van der Waals surface area (Å²) in [6.07, 6.45) is 1.78. The minimum Gasteiger partial charge on any atom is -0.316 e. The Balaban J connectivity index is 1.54. The molecule has 2 aliphatic rings. The second-order valence-corrected chi connectivity index (χ2v) is 6.89. The first-order valence-corrected chi connectivity index (χ1v) is 8.80. The standard InChI is InChI=1S/C16H21Cl2N5O/c1-19-11-4-6-22(9-11)10-16(24)20-15-5-7-23(21-15)12-2-3-13(17)14(18)8-12/h2-3,8,11,19H,4-7,9-10H2,1H3,(H,20,21,24)/t11-/m1/s1. The van der Waals surface area contributed by atoms with Gasteiger partial charge < -0.3 is 10.6 Å². The average Bonchev–Trinajstić information content (AvgIpc) is 3.19. The fraction of sp³-hybridized carbons (Fsp3) is 0.500. The lowest BCUT2D eigenvalue weighted by Gasteiger charge is -2.15. The van der Waals surface area contributed by atoms with Crippen LogP contribution in [0.2, 0.25) is 10.0 Å². The highest BCUT2D eigenvalue weighted by molar-refractivity contribution is 6.42. The third-order valence-corrected chi connectivity index (χ3v) is 5.07. The second-order valence-electron chi connectivity index (χ2n) is 6.08. The molecule has 2 aliphatic heterocycles. The molecule has 1 saturated heterocycles. The van der Waals surface area contributed by atoms with Gasteiger partial charge in [0.25, 0.3) is 0 Å². The third kappa shape index (κ3) is 4.19. The van der Waals surface area contributed by atoms with Crippen molar-refractivity contribution >= 4 is 40.6 Å². The summed E-state index contributed by atoms with van der Waals surface area (Å²) in [4.78, 5) is 14.3. The number of carbonyl (C=O) groups is 1. The molecule has 1 aromatic rings. The highest BCUT2D eigenvalue weighted by Gasteiger charge is 2.24. The molecular formula is C16H21Cl2N5O. The fourth-order valence-electron chi connectivity index (χ4n) is 2.99. The molecule has 0 unspecified atom stereocenters. The van der Waals surface area contributed by atoms with E-state index in [1.165, 1.54) is 0 Å². The Bertz CT molecular complexity index is 651. The van der Waals surface area contributed by atoms with Crippen LogP contribution in [0.25, 0.3) is 0 Å². The number of rotatable bonds is 4. The monoisotopic (exact) mass is 369 g/mol. The molecule has 6 nitrogen and oxygen atoms in total. The van der Waals surface area contributed by atoms with Crippen LogP contribution in [-0.4, -0.2) is 55.9 Å². The van der Waals surface area contributed by atoms with Gasteiger partial charge >= 0.3 is 0 Å². The van der Waals surface area contributed by atoms with Crippen LogP contribution in [0.5, 0.6) is 0 Å². The maximum absolute atomic E-state index is 12.2. The quantitative estimate of drug-likeness (QED) is 0.851. The van der Waals surface area contributed by atoms with E-state index in [0.717, 1.165) is 25.2 Å². The number of likely N-dealkylation sites (N-methyl/N-ethyl adjacent to an activating group) is 1. The summed E-state index contributed by atoms with van der Waals surface area (Å²) >= 11 is 12.0. The van der Waals surface area contributed by atoms with Crippen LogP contribution in [0, 0.1) is 0 Å². The molecule has 0 aromatic heterocycles. The lowest BCUT2D eigenvalue weighted by molar-refractivity contribution is -0.120. The highest BCUT2D eigenvalue weighted by Crippen LogP contribution is 2.28. The Hall–Kier alpha value is -1.34. The van der Waals surface area contributed by atoms with Crippen molar-refractivity contribution in [1.29, 1.82) is 0 Å². The Labute approximate surface area is 151 Å². The van der Waals surface area contributed by atoms with Gasteiger partial charge in [-0.2, -0.15) is 5.10 Å². The van der Waals surface area contributed by atoms with Gasteiger partial charge in [0, 0.05) is 32.1 Å². The normalized spacial score (nSPS) is 21.2. The zero-order chi connectivity index (χ0) is 17.1. The summed E-state index contributed by atoms with van der Waals surface area (Å²) in [5.41, 5.74) is 0.866. The first kappa shape index (κ1) is 17.5. The van der Waals surface area contributed by atoms with Crippen molar-refractivity contribution in [2.45, 2.75) is 18.9 Å². The number of hydrazone groups is 1. The lowest BCUT2D eigenvalue weighted by Crippen LogP contribution is -2.40. The zero-order valence-electron chi connectivity index (χ0n) is 13.6. The number of hydrogen-bond donors (Lipinski definition) is 2.